The van der Waals surface area contributed by atoms with Gasteiger partial charge >= 0.3 is 6.03 Å². The predicted octanol–water partition coefficient (Wildman–Crippen LogP) is 1.65. The summed E-state index contributed by atoms with van der Waals surface area (Å²) in [6, 6.07) is 4.93. The topological polar surface area (TPSA) is 104 Å². The number of carbonyl (C=O) groups is 2. The van der Waals surface area contributed by atoms with Crippen molar-refractivity contribution in [3.63, 3.8) is 0 Å². The molecule has 0 aliphatic carbocycles. The molecule has 0 saturated carbocycles. The van der Waals surface area contributed by atoms with E-state index >= 15 is 0 Å². The molecule has 2 saturated heterocycles. The maximum Gasteiger partial charge on any atom is 0.315 e. The van der Waals surface area contributed by atoms with Gasteiger partial charge in [0.05, 0.1) is 23.1 Å². The fourth-order valence-electron chi connectivity index (χ4n) is 3.72. The molecule has 0 unspecified atom stereocenters. The van der Waals surface area contributed by atoms with Gasteiger partial charge in [-0.3, -0.25) is 4.79 Å². The van der Waals surface area contributed by atoms with Gasteiger partial charge in [-0.1, -0.05) is 18.6 Å². The summed E-state index contributed by atoms with van der Waals surface area (Å²) in [6.45, 7) is 3.92. The van der Waals surface area contributed by atoms with E-state index in [0.717, 1.165) is 16.8 Å². The molecule has 142 valence electrons. The van der Waals surface area contributed by atoms with E-state index in [1.54, 1.807) is 0 Å². The first-order valence-corrected chi connectivity index (χ1v) is 10.6. The Morgan fingerprint density at radius 3 is 2.77 bits per heavy atom. The van der Waals surface area contributed by atoms with Gasteiger partial charge in [-0.05, 0) is 43.9 Å². The summed E-state index contributed by atoms with van der Waals surface area (Å²) < 4.78 is 24.5. The summed E-state index contributed by atoms with van der Waals surface area (Å²) in [7, 11) is -3.21. The van der Waals surface area contributed by atoms with Crippen LogP contribution < -0.4 is 16.0 Å². The van der Waals surface area contributed by atoms with E-state index in [-0.39, 0.29) is 29.8 Å². The maximum absolute atomic E-state index is 12.3. The van der Waals surface area contributed by atoms with Crippen LogP contribution >= 0.6 is 0 Å². The summed E-state index contributed by atoms with van der Waals surface area (Å²) in [4.78, 5) is 23.5. The molecule has 2 aliphatic heterocycles. The SMILES string of the molecule is Cc1ccc(C)c(NC(=O)CCCC[C@@H]2[C@H]3NC(=O)N[C@H]3CS2(=O)=O)c1. The fraction of sp³-hybridized carbons (Fsp3) is 0.556. The fourth-order valence-corrected chi connectivity index (χ4v) is 5.99. The number of urea groups is 1. The first kappa shape index (κ1) is 18.7. The van der Waals surface area contributed by atoms with E-state index in [0.29, 0.717) is 25.7 Å². The molecule has 26 heavy (non-hydrogen) atoms. The summed E-state index contributed by atoms with van der Waals surface area (Å²) in [5.74, 6) is -0.0736. The lowest BCUT2D eigenvalue weighted by Gasteiger charge is -2.16. The first-order chi connectivity index (χ1) is 12.3. The minimum absolute atomic E-state index is 0.00576. The highest BCUT2D eigenvalue weighted by molar-refractivity contribution is 7.92. The molecule has 8 heteroatoms. The third-order valence-corrected chi connectivity index (χ3v) is 7.41. The van der Waals surface area contributed by atoms with Gasteiger partial charge in [0, 0.05) is 12.1 Å². The van der Waals surface area contributed by atoms with E-state index in [1.807, 2.05) is 32.0 Å². The average molecular weight is 379 g/mol. The normalized spacial score (nSPS) is 26.1. The third kappa shape index (κ3) is 4.00. The van der Waals surface area contributed by atoms with E-state index in [9.17, 15) is 18.0 Å². The Balaban J connectivity index is 1.47. The number of anilines is 1. The minimum atomic E-state index is -3.21. The third-order valence-electron chi connectivity index (χ3n) is 5.13. The van der Waals surface area contributed by atoms with Crippen molar-refractivity contribution < 1.29 is 18.0 Å². The van der Waals surface area contributed by atoms with Crippen molar-refractivity contribution in [3.05, 3.63) is 29.3 Å². The van der Waals surface area contributed by atoms with Gasteiger partial charge in [0.15, 0.2) is 9.84 Å². The van der Waals surface area contributed by atoms with Crippen LogP contribution in [0, 0.1) is 13.8 Å². The molecule has 1 aromatic rings. The lowest BCUT2D eigenvalue weighted by molar-refractivity contribution is -0.116. The Morgan fingerprint density at radius 2 is 2.00 bits per heavy atom. The van der Waals surface area contributed by atoms with Crippen molar-refractivity contribution in [3.8, 4) is 0 Å². The number of fused-ring (bicyclic) bond motifs is 1. The second-order valence-electron chi connectivity index (χ2n) is 7.23. The summed E-state index contributed by atoms with van der Waals surface area (Å²) in [6.07, 6.45) is 2.05. The van der Waals surface area contributed by atoms with E-state index < -0.39 is 15.1 Å². The van der Waals surface area contributed by atoms with Crippen LogP contribution in [-0.4, -0.2) is 43.4 Å². The van der Waals surface area contributed by atoms with Crippen molar-refractivity contribution in [2.24, 2.45) is 0 Å². The molecule has 7 nitrogen and oxygen atoms in total. The first-order valence-electron chi connectivity index (χ1n) is 8.92. The van der Waals surface area contributed by atoms with Crippen molar-refractivity contribution >= 4 is 27.5 Å². The van der Waals surface area contributed by atoms with Gasteiger partial charge in [-0.2, -0.15) is 0 Å². The van der Waals surface area contributed by atoms with Gasteiger partial charge in [0.25, 0.3) is 0 Å². The highest BCUT2D eigenvalue weighted by atomic mass is 32.2. The molecule has 2 aliphatic rings. The number of carbonyl (C=O) groups excluding carboxylic acids is 2. The number of amides is 3. The molecule has 0 aromatic heterocycles. The molecule has 3 N–H and O–H groups in total. The van der Waals surface area contributed by atoms with Crippen LogP contribution in [0.3, 0.4) is 0 Å². The Bertz CT molecular complexity index is 822. The van der Waals surface area contributed by atoms with Gasteiger partial charge in [-0.15, -0.1) is 0 Å². The van der Waals surface area contributed by atoms with Crippen LogP contribution in [-0.2, 0) is 14.6 Å². The van der Waals surface area contributed by atoms with Crippen LogP contribution in [0.25, 0.3) is 0 Å². The Morgan fingerprint density at radius 1 is 1.23 bits per heavy atom. The van der Waals surface area contributed by atoms with Crippen LogP contribution in [0.15, 0.2) is 18.2 Å². The quantitative estimate of drug-likeness (QED) is 0.516. The zero-order valence-corrected chi connectivity index (χ0v) is 15.9. The monoisotopic (exact) mass is 379 g/mol. The molecule has 2 fully saturated rings. The van der Waals surface area contributed by atoms with Gasteiger partial charge < -0.3 is 16.0 Å². The number of sulfone groups is 1. The van der Waals surface area contributed by atoms with Crippen LogP contribution in [0.4, 0.5) is 10.5 Å². The molecule has 3 amide bonds. The molecular weight excluding hydrogens is 354 g/mol. The number of nitrogens with one attached hydrogen (secondary N) is 3. The molecule has 3 rings (SSSR count). The number of rotatable bonds is 6. The lowest BCUT2D eigenvalue weighted by atomic mass is 10.0. The molecule has 2 heterocycles. The molecule has 1 aromatic carbocycles. The molecule has 0 radical (unpaired) electrons. The number of unbranched alkanes of at least 4 members (excludes halogenated alkanes) is 1. The number of aryl methyl sites for hydroxylation is 2. The lowest BCUT2D eigenvalue weighted by Crippen LogP contribution is -2.39. The highest BCUT2D eigenvalue weighted by Crippen LogP contribution is 2.28. The van der Waals surface area contributed by atoms with Crippen molar-refractivity contribution in [2.45, 2.75) is 56.9 Å². The number of hydrogen-bond acceptors (Lipinski definition) is 4. The summed E-state index contributed by atoms with van der Waals surface area (Å²) in [5.41, 5.74) is 2.91. The minimum Gasteiger partial charge on any atom is -0.332 e. The summed E-state index contributed by atoms with van der Waals surface area (Å²) >= 11 is 0. The molecule has 0 bridgehead atoms. The number of benzene rings is 1. The van der Waals surface area contributed by atoms with Gasteiger partial charge in [0.2, 0.25) is 5.91 Å². The second kappa shape index (κ2) is 7.26. The Hall–Kier alpha value is -2.09. The van der Waals surface area contributed by atoms with Crippen molar-refractivity contribution in [1.82, 2.24) is 10.6 Å². The van der Waals surface area contributed by atoms with Crippen molar-refractivity contribution in [1.29, 1.82) is 0 Å². The molecular formula is C18H25N3O4S. The van der Waals surface area contributed by atoms with Gasteiger partial charge in [-0.25, -0.2) is 13.2 Å². The number of hydrogen-bond donors (Lipinski definition) is 3. The van der Waals surface area contributed by atoms with Gasteiger partial charge in [0.1, 0.15) is 0 Å². The average Bonchev–Trinajstić information content (AvgIpc) is 2.99. The van der Waals surface area contributed by atoms with Crippen LogP contribution in [0.2, 0.25) is 0 Å². The maximum atomic E-state index is 12.3. The molecule has 3 atom stereocenters. The van der Waals surface area contributed by atoms with Crippen LogP contribution in [0.5, 0.6) is 0 Å². The van der Waals surface area contributed by atoms with Crippen LogP contribution in [0.1, 0.15) is 36.8 Å². The summed E-state index contributed by atoms with van der Waals surface area (Å²) in [5, 5.41) is 7.71. The molecule has 0 spiro atoms. The van der Waals surface area contributed by atoms with Crippen molar-refractivity contribution in [2.75, 3.05) is 11.1 Å². The van der Waals surface area contributed by atoms with E-state index in [2.05, 4.69) is 16.0 Å². The Kier molecular flexibility index (Phi) is 5.22. The zero-order valence-electron chi connectivity index (χ0n) is 15.0. The predicted molar refractivity (Wildman–Crippen MR) is 99.8 cm³/mol. The zero-order chi connectivity index (χ0) is 18.9. The Labute approximate surface area is 153 Å². The van der Waals surface area contributed by atoms with E-state index in [1.165, 1.54) is 0 Å². The van der Waals surface area contributed by atoms with E-state index in [4.69, 9.17) is 0 Å². The smallest absolute Gasteiger partial charge is 0.315 e. The largest absolute Gasteiger partial charge is 0.332 e. The standard InChI is InChI=1S/C18H25N3O4S/c1-11-7-8-12(2)13(9-11)19-16(22)6-4-3-5-15-17-14(10-26(15,24)25)20-18(23)21-17/h7-9,14-15,17H,3-6,10H2,1-2H3,(H,19,22)(H2,20,21,23)/t14-,15+,17-/m0/s1. The highest BCUT2D eigenvalue weighted by Gasteiger charge is 2.51. The second-order valence-corrected chi connectivity index (χ2v) is 9.49.